The first-order valence-electron chi connectivity index (χ1n) is 8.23. The Morgan fingerprint density at radius 1 is 1.00 bits per heavy atom. The van der Waals surface area contributed by atoms with Gasteiger partial charge in [0.25, 0.3) is 11.8 Å². The zero-order chi connectivity index (χ0) is 17.1. The smallest absolute Gasteiger partial charge is 0.330 e. The lowest BCUT2D eigenvalue weighted by Gasteiger charge is -2.33. The van der Waals surface area contributed by atoms with Gasteiger partial charge < -0.3 is 14.6 Å². The largest absolute Gasteiger partial charge is 0.334 e. The summed E-state index contributed by atoms with van der Waals surface area (Å²) in [6.07, 6.45) is 0.152. The molecular weight excluding hydrogens is 310 g/mol. The summed E-state index contributed by atoms with van der Waals surface area (Å²) in [5, 5.41) is 0.571. The van der Waals surface area contributed by atoms with Crippen LogP contribution in [0.25, 0.3) is 0 Å². The van der Waals surface area contributed by atoms with Gasteiger partial charge in [-0.15, -0.1) is 0 Å². The number of likely N-dealkylation sites (N-methyl/N-ethyl adjacent to an activating group) is 1. The number of carbonyl (C=O) groups is 3. The number of benzene rings is 1. The highest BCUT2D eigenvalue weighted by molar-refractivity contribution is 6.20. The molecule has 0 radical (unpaired) electrons. The van der Waals surface area contributed by atoms with Crippen molar-refractivity contribution in [2.75, 3.05) is 39.3 Å². The van der Waals surface area contributed by atoms with Gasteiger partial charge in [0.15, 0.2) is 0 Å². The van der Waals surface area contributed by atoms with Crippen LogP contribution in [0.2, 0.25) is 0 Å². The van der Waals surface area contributed by atoms with Crippen LogP contribution in [0.4, 0.5) is 0 Å². The van der Waals surface area contributed by atoms with Gasteiger partial charge in [0.05, 0.1) is 17.5 Å². The molecule has 0 atom stereocenters. The summed E-state index contributed by atoms with van der Waals surface area (Å²) < 4.78 is 0. The molecule has 0 saturated carbocycles. The maximum Gasteiger partial charge on any atom is 0.334 e. The predicted octanol–water partition coefficient (Wildman–Crippen LogP) is 0.768. The third-order valence-electron chi connectivity index (χ3n) is 4.49. The molecule has 2 aliphatic heterocycles. The molecule has 128 valence electrons. The highest BCUT2D eigenvalue weighted by Crippen LogP contribution is 2.22. The van der Waals surface area contributed by atoms with Crippen LogP contribution in [-0.2, 0) is 9.63 Å². The number of hydroxylamine groups is 2. The van der Waals surface area contributed by atoms with E-state index in [0.29, 0.717) is 11.6 Å². The van der Waals surface area contributed by atoms with Gasteiger partial charge in [-0.1, -0.05) is 24.1 Å². The summed E-state index contributed by atoms with van der Waals surface area (Å²) in [6.45, 7) is 7.54. The Morgan fingerprint density at radius 2 is 1.54 bits per heavy atom. The second kappa shape index (κ2) is 7.11. The molecule has 0 bridgehead atoms. The van der Waals surface area contributed by atoms with E-state index in [-0.39, 0.29) is 17.5 Å². The summed E-state index contributed by atoms with van der Waals surface area (Å²) in [6, 6.07) is 6.45. The standard InChI is InChI=1S/C17H21N3O4/c1-2-18-9-11-19(12-10-18)8-7-15(21)24-20-16(22)13-5-3-4-6-14(13)17(20)23/h3-6H,2,7-12H2,1H3. The van der Waals surface area contributed by atoms with Gasteiger partial charge in [-0.3, -0.25) is 9.59 Å². The highest BCUT2D eigenvalue weighted by atomic mass is 16.7. The summed E-state index contributed by atoms with van der Waals surface area (Å²) in [5.41, 5.74) is 0.539. The Hall–Kier alpha value is -2.25. The number of rotatable bonds is 5. The lowest BCUT2D eigenvalue weighted by atomic mass is 10.1. The molecule has 24 heavy (non-hydrogen) atoms. The summed E-state index contributed by atoms with van der Waals surface area (Å²) in [4.78, 5) is 45.8. The number of nitrogens with zero attached hydrogens (tertiary/aromatic N) is 3. The van der Waals surface area contributed by atoms with Gasteiger partial charge in [0, 0.05) is 32.7 Å². The molecule has 1 saturated heterocycles. The molecule has 2 amide bonds. The van der Waals surface area contributed by atoms with E-state index in [2.05, 4.69) is 16.7 Å². The maximum atomic E-state index is 12.1. The Morgan fingerprint density at radius 3 is 2.08 bits per heavy atom. The molecule has 7 nitrogen and oxygen atoms in total. The number of hydrogen-bond acceptors (Lipinski definition) is 6. The molecule has 0 N–H and O–H groups in total. The third-order valence-corrected chi connectivity index (χ3v) is 4.49. The van der Waals surface area contributed by atoms with Crippen molar-refractivity contribution in [3.63, 3.8) is 0 Å². The molecule has 3 rings (SSSR count). The van der Waals surface area contributed by atoms with E-state index < -0.39 is 17.8 Å². The van der Waals surface area contributed by atoms with Gasteiger partial charge >= 0.3 is 5.97 Å². The Bertz CT molecular complexity index is 618. The molecule has 0 unspecified atom stereocenters. The van der Waals surface area contributed by atoms with E-state index in [1.807, 2.05) is 0 Å². The van der Waals surface area contributed by atoms with Crippen molar-refractivity contribution in [1.29, 1.82) is 0 Å². The monoisotopic (exact) mass is 331 g/mol. The maximum absolute atomic E-state index is 12.1. The normalized spacial score (nSPS) is 18.8. The summed E-state index contributed by atoms with van der Waals surface area (Å²) in [5.74, 6) is -1.73. The van der Waals surface area contributed by atoms with E-state index in [0.717, 1.165) is 32.7 Å². The van der Waals surface area contributed by atoms with Gasteiger partial charge in [-0.25, -0.2) is 4.79 Å². The van der Waals surface area contributed by atoms with Crippen LogP contribution in [0.15, 0.2) is 24.3 Å². The lowest BCUT2D eigenvalue weighted by molar-refractivity contribution is -0.168. The second-order valence-electron chi connectivity index (χ2n) is 5.94. The summed E-state index contributed by atoms with van der Waals surface area (Å²) in [7, 11) is 0. The number of amides is 2. The number of hydrogen-bond donors (Lipinski definition) is 0. The van der Waals surface area contributed by atoms with Crippen molar-refractivity contribution in [2.24, 2.45) is 0 Å². The number of imide groups is 1. The fourth-order valence-corrected chi connectivity index (χ4v) is 2.98. The van der Waals surface area contributed by atoms with Crippen LogP contribution in [0.5, 0.6) is 0 Å². The van der Waals surface area contributed by atoms with E-state index in [1.165, 1.54) is 0 Å². The SMILES string of the molecule is CCN1CCN(CCC(=O)ON2C(=O)c3ccccc3C2=O)CC1. The number of fused-ring (bicyclic) bond motifs is 1. The fourth-order valence-electron chi connectivity index (χ4n) is 2.98. The molecule has 0 spiro atoms. The van der Waals surface area contributed by atoms with E-state index in [4.69, 9.17) is 4.84 Å². The minimum Gasteiger partial charge on any atom is -0.330 e. The van der Waals surface area contributed by atoms with Gasteiger partial charge in [0.1, 0.15) is 0 Å². The highest BCUT2D eigenvalue weighted by Gasteiger charge is 2.38. The first-order chi connectivity index (χ1) is 11.6. The molecule has 2 heterocycles. The van der Waals surface area contributed by atoms with Crippen LogP contribution in [-0.4, -0.2) is 71.9 Å². The first kappa shape index (κ1) is 16.6. The van der Waals surface area contributed by atoms with Crippen LogP contribution >= 0.6 is 0 Å². The molecule has 0 aliphatic carbocycles. The van der Waals surface area contributed by atoms with Crippen LogP contribution in [0, 0.1) is 0 Å². The minimum atomic E-state index is -0.583. The lowest BCUT2D eigenvalue weighted by Crippen LogP contribution is -2.46. The van der Waals surface area contributed by atoms with Crippen molar-refractivity contribution in [2.45, 2.75) is 13.3 Å². The predicted molar refractivity (Wildman–Crippen MR) is 86.2 cm³/mol. The van der Waals surface area contributed by atoms with Crippen LogP contribution in [0.3, 0.4) is 0 Å². The van der Waals surface area contributed by atoms with E-state index in [9.17, 15) is 14.4 Å². The summed E-state index contributed by atoms with van der Waals surface area (Å²) >= 11 is 0. The molecular formula is C17H21N3O4. The Kier molecular flexibility index (Phi) is 4.92. The molecule has 0 aromatic heterocycles. The number of carbonyl (C=O) groups excluding carboxylic acids is 3. The van der Waals surface area contributed by atoms with E-state index >= 15 is 0 Å². The first-order valence-corrected chi connectivity index (χ1v) is 8.23. The average molecular weight is 331 g/mol. The Balaban J connectivity index is 1.50. The molecule has 1 aromatic carbocycles. The molecule has 7 heteroatoms. The second-order valence-corrected chi connectivity index (χ2v) is 5.94. The topological polar surface area (TPSA) is 70.2 Å². The Labute approximate surface area is 140 Å². The van der Waals surface area contributed by atoms with Crippen molar-refractivity contribution in [3.05, 3.63) is 35.4 Å². The van der Waals surface area contributed by atoms with Gasteiger partial charge in [0.2, 0.25) is 0 Å². The van der Waals surface area contributed by atoms with Crippen molar-refractivity contribution in [1.82, 2.24) is 14.9 Å². The van der Waals surface area contributed by atoms with E-state index in [1.54, 1.807) is 24.3 Å². The van der Waals surface area contributed by atoms with Crippen molar-refractivity contribution < 1.29 is 19.2 Å². The zero-order valence-corrected chi connectivity index (χ0v) is 13.7. The fraction of sp³-hybridized carbons (Fsp3) is 0.471. The van der Waals surface area contributed by atoms with Crippen LogP contribution in [0.1, 0.15) is 34.1 Å². The third kappa shape index (κ3) is 3.32. The quantitative estimate of drug-likeness (QED) is 0.742. The van der Waals surface area contributed by atoms with Crippen molar-refractivity contribution in [3.8, 4) is 0 Å². The minimum absolute atomic E-state index is 0.152. The molecule has 2 aliphatic rings. The van der Waals surface area contributed by atoms with Crippen LogP contribution < -0.4 is 0 Å². The molecule has 1 fully saturated rings. The number of piperazine rings is 1. The van der Waals surface area contributed by atoms with Gasteiger partial charge in [-0.2, -0.15) is 0 Å². The van der Waals surface area contributed by atoms with Crippen molar-refractivity contribution >= 4 is 17.8 Å². The zero-order valence-electron chi connectivity index (χ0n) is 13.7. The van der Waals surface area contributed by atoms with Gasteiger partial charge in [-0.05, 0) is 18.7 Å². The average Bonchev–Trinajstić information content (AvgIpc) is 2.86. The molecule has 1 aromatic rings.